The van der Waals surface area contributed by atoms with Crippen molar-refractivity contribution < 1.29 is 7.65 Å². The summed E-state index contributed by atoms with van der Waals surface area (Å²) in [7, 11) is 0. The van der Waals surface area contributed by atoms with E-state index in [0.717, 1.165) is 25.9 Å². The van der Waals surface area contributed by atoms with Gasteiger partial charge in [0.1, 0.15) is 0 Å². The maximum atomic E-state index is 11.8. The molecule has 1 aliphatic heterocycles. The number of nitrogens with one attached hydrogen (secondary N) is 2. The van der Waals surface area contributed by atoms with Crippen molar-refractivity contribution in [2.24, 2.45) is 5.92 Å². The first-order valence-electron chi connectivity index (χ1n) is 6.90. The van der Waals surface area contributed by atoms with Crippen LogP contribution in [-0.4, -0.2) is 19.0 Å². The van der Waals surface area contributed by atoms with Crippen LogP contribution in [0.25, 0.3) is 0 Å². The lowest BCUT2D eigenvalue weighted by atomic mass is 9.93. The van der Waals surface area contributed by atoms with Crippen LogP contribution in [0, 0.1) is 5.92 Å². The molecule has 1 unspecified atom stereocenters. The highest BCUT2D eigenvalue weighted by Gasteiger charge is 2.23. The minimum Gasteiger partial charge on any atom is -0.384 e. The molecule has 0 aliphatic carbocycles. The Balaban J connectivity index is 0. The Morgan fingerprint density at radius 1 is 1.44 bits per heavy atom. The molecule has 0 bridgehead atoms. The largest absolute Gasteiger partial charge is 0.384 e. The zero-order valence-corrected chi connectivity index (χ0v) is 11.6. The van der Waals surface area contributed by atoms with Gasteiger partial charge in [-0.25, -0.2) is 0 Å². The van der Waals surface area contributed by atoms with Crippen molar-refractivity contribution in [3.63, 3.8) is 0 Å². The quantitative estimate of drug-likeness (QED) is 0.866. The number of fused-ring (bicyclic) bond motifs is 1. The molecule has 0 saturated carbocycles. The Labute approximate surface area is 113 Å². The van der Waals surface area contributed by atoms with E-state index < -0.39 is 0 Å². The van der Waals surface area contributed by atoms with E-state index in [4.69, 9.17) is 0 Å². The first-order chi connectivity index (χ1) is 8.81. The Bertz CT molecular complexity index is 386. The Morgan fingerprint density at radius 3 is 2.89 bits per heavy atom. The monoisotopic (exact) mass is 252 g/mol. The van der Waals surface area contributed by atoms with Gasteiger partial charge in [-0.2, -0.15) is 0 Å². The second-order valence-corrected chi connectivity index (χ2v) is 4.23. The molecule has 1 aromatic rings. The van der Waals surface area contributed by atoms with Crippen molar-refractivity contribution in [1.29, 1.82) is 0 Å². The molecule has 3 nitrogen and oxygen atoms in total. The van der Waals surface area contributed by atoms with Crippen LogP contribution in [0.2, 0.25) is 0 Å². The molecular weight excluding hydrogens is 224 g/mol. The molecule has 104 valence electrons. The molecule has 0 radical (unpaired) electrons. The van der Waals surface area contributed by atoms with Crippen molar-refractivity contribution >= 4 is 11.6 Å². The Hall–Kier alpha value is -1.51. The maximum Gasteiger partial charge on any atom is 0.225 e. The van der Waals surface area contributed by atoms with Crippen LogP contribution in [0.4, 0.5) is 5.69 Å². The predicted octanol–water partition coefficient (Wildman–Crippen LogP) is 3.32. The van der Waals surface area contributed by atoms with Crippen molar-refractivity contribution in [3.05, 3.63) is 29.8 Å². The summed E-state index contributed by atoms with van der Waals surface area (Å²) in [6, 6.07) is 8.19. The molecule has 0 spiro atoms. The number of hydrogen-bond donors (Lipinski definition) is 2. The van der Waals surface area contributed by atoms with E-state index in [1.54, 1.807) is 0 Å². The van der Waals surface area contributed by atoms with Gasteiger partial charge in [0.15, 0.2) is 0 Å². The summed E-state index contributed by atoms with van der Waals surface area (Å²) < 4.78 is 0. The fraction of sp³-hybridized carbons (Fsp3) is 0.533. The van der Waals surface area contributed by atoms with E-state index >= 15 is 0 Å². The van der Waals surface area contributed by atoms with Crippen molar-refractivity contribution in [3.8, 4) is 0 Å². The number of para-hydroxylation sites is 1. The number of anilines is 1. The lowest BCUT2D eigenvalue weighted by Gasteiger charge is -2.25. The van der Waals surface area contributed by atoms with E-state index in [2.05, 4.69) is 29.7 Å². The Kier molecular flexibility index (Phi) is 6.26. The molecule has 2 rings (SSSR count). The average molecular weight is 252 g/mol. The molecular formula is C15H28N2O. The second kappa shape index (κ2) is 7.75. The topological polar surface area (TPSA) is 41.1 Å². The van der Waals surface area contributed by atoms with Gasteiger partial charge in [0.2, 0.25) is 5.91 Å². The third-order valence-corrected chi connectivity index (χ3v) is 2.94. The molecule has 3 heteroatoms. The molecule has 1 amide bonds. The fourth-order valence-electron chi connectivity index (χ4n) is 2.02. The highest BCUT2D eigenvalue weighted by molar-refractivity contribution is 5.80. The summed E-state index contributed by atoms with van der Waals surface area (Å²) in [5.74, 6) is 0.241. The first kappa shape index (κ1) is 14.6. The number of rotatable bonds is 3. The van der Waals surface area contributed by atoms with Gasteiger partial charge in [-0.05, 0) is 24.5 Å². The molecule has 1 heterocycles. The minimum absolute atomic E-state index is 0. The standard InChI is InChI=1S/C13H18N2O.C2H6.2H2/c1-2-7-14-13(16)11-8-10-5-3-4-6-12(10)15-9-11;1-2;;/h3-6,11,15H,2,7-9H2,1H3,(H,14,16);1-2H3;2*1H. The molecule has 1 atom stereocenters. The molecule has 18 heavy (non-hydrogen) atoms. The molecule has 0 aromatic heterocycles. The van der Waals surface area contributed by atoms with Gasteiger partial charge in [-0.15, -0.1) is 0 Å². The number of carbonyl (C=O) groups excluding carboxylic acids is 1. The summed E-state index contributed by atoms with van der Waals surface area (Å²) in [5.41, 5.74) is 2.41. The van der Waals surface area contributed by atoms with Crippen molar-refractivity contribution in [2.75, 3.05) is 18.4 Å². The summed E-state index contributed by atoms with van der Waals surface area (Å²) in [6.45, 7) is 7.58. The second-order valence-electron chi connectivity index (χ2n) is 4.23. The normalized spacial score (nSPS) is 16.7. The molecule has 0 saturated heterocycles. The van der Waals surface area contributed by atoms with Gasteiger partial charge < -0.3 is 10.6 Å². The van der Waals surface area contributed by atoms with Crippen molar-refractivity contribution in [1.82, 2.24) is 5.32 Å². The van der Waals surface area contributed by atoms with E-state index in [1.165, 1.54) is 11.3 Å². The fourth-order valence-corrected chi connectivity index (χ4v) is 2.02. The van der Waals surface area contributed by atoms with Crippen LogP contribution in [0.3, 0.4) is 0 Å². The van der Waals surface area contributed by atoms with Crippen LogP contribution in [0.1, 0.15) is 35.6 Å². The number of hydrogen-bond acceptors (Lipinski definition) is 2. The van der Waals surface area contributed by atoms with Crippen molar-refractivity contribution in [2.45, 2.75) is 33.6 Å². The average Bonchev–Trinajstić information content (AvgIpc) is 2.46. The SMILES string of the molecule is CC.CCCNC(=O)C1CNc2ccccc2C1.[HH].[HH]. The molecule has 0 fully saturated rings. The summed E-state index contributed by atoms with van der Waals surface area (Å²) in [5, 5.41) is 6.26. The van der Waals surface area contributed by atoms with Gasteiger partial charge in [0.25, 0.3) is 0 Å². The zero-order chi connectivity index (χ0) is 13.4. The van der Waals surface area contributed by atoms with Crippen LogP contribution in [0.5, 0.6) is 0 Å². The molecule has 1 aliphatic rings. The Morgan fingerprint density at radius 2 is 2.17 bits per heavy atom. The van der Waals surface area contributed by atoms with Gasteiger partial charge in [0.05, 0.1) is 5.92 Å². The lowest BCUT2D eigenvalue weighted by Crippen LogP contribution is -2.38. The third kappa shape index (κ3) is 3.76. The predicted molar refractivity (Wildman–Crippen MR) is 81.0 cm³/mol. The van der Waals surface area contributed by atoms with Crippen LogP contribution >= 0.6 is 0 Å². The summed E-state index contributed by atoms with van der Waals surface area (Å²) in [4.78, 5) is 11.8. The highest BCUT2D eigenvalue weighted by Crippen LogP contribution is 2.24. The van der Waals surface area contributed by atoms with Crippen LogP contribution in [-0.2, 0) is 11.2 Å². The van der Waals surface area contributed by atoms with Gasteiger partial charge >= 0.3 is 0 Å². The summed E-state index contributed by atoms with van der Waals surface area (Å²) in [6.07, 6.45) is 1.83. The smallest absolute Gasteiger partial charge is 0.225 e. The number of benzene rings is 1. The van der Waals surface area contributed by atoms with E-state index in [9.17, 15) is 4.79 Å². The summed E-state index contributed by atoms with van der Waals surface area (Å²) >= 11 is 0. The maximum absolute atomic E-state index is 11.8. The zero-order valence-electron chi connectivity index (χ0n) is 11.6. The molecule has 2 N–H and O–H groups in total. The van der Waals surface area contributed by atoms with E-state index in [0.29, 0.717) is 0 Å². The molecule has 1 aromatic carbocycles. The lowest BCUT2D eigenvalue weighted by molar-refractivity contribution is -0.124. The van der Waals surface area contributed by atoms with E-state index in [1.807, 2.05) is 26.0 Å². The van der Waals surface area contributed by atoms with Gasteiger partial charge in [-0.1, -0.05) is 39.0 Å². The highest BCUT2D eigenvalue weighted by atomic mass is 16.1. The number of carbonyl (C=O) groups is 1. The van der Waals surface area contributed by atoms with E-state index in [-0.39, 0.29) is 14.7 Å². The van der Waals surface area contributed by atoms with Gasteiger partial charge in [0, 0.05) is 21.6 Å². The van der Waals surface area contributed by atoms with Gasteiger partial charge in [-0.3, -0.25) is 4.79 Å². The van der Waals surface area contributed by atoms with Crippen LogP contribution < -0.4 is 10.6 Å². The first-order valence-corrected chi connectivity index (χ1v) is 6.90. The third-order valence-electron chi connectivity index (χ3n) is 2.94. The van der Waals surface area contributed by atoms with Crippen LogP contribution in [0.15, 0.2) is 24.3 Å². The minimum atomic E-state index is 0. The number of amides is 1.